The molecule has 0 spiro atoms. The first-order valence-electron chi connectivity index (χ1n) is 8.23. The van der Waals surface area contributed by atoms with Gasteiger partial charge >= 0.3 is 0 Å². The summed E-state index contributed by atoms with van der Waals surface area (Å²) in [6.07, 6.45) is 3.82. The van der Waals surface area contributed by atoms with E-state index in [1.165, 1.54) is 10.5 Å². The minimum absolute atomic E-state index is 0.109. The normalized spacial score (nSPS) is 16.6. The average molecular weight is 362 g/mol. The Morgan fingerprint density at radius 2 is 1.80 bits per heavy atom. The molecule has 0 atom stereocenters. The summed E-state index contributed by atoms with van der Waals surface area (Å²) in [7, 11) is -1.77. The van der Waals surface area contributed by atoms with Crippen LogP contribution in [0.5, 0.6) is 0 Å². The molecule has 1 aromatic heterocycles. The second-order valence-corrected chi connectivity index (χ2v) is 8.20. The van der Waals surface area contributed by atoms with Crippen LogP contribution in [-0.4, -0.2) is 59.5 Å². The summed E-state index contributed by atoms with van der Waals surface area (Å²) in [5, 5.41) is 4.02. The van der Waals surface area contributed by atoms with Crippen molar-refractivity contribution in [3.63, 3.8) is 0 Å². The molecule has 1 amide bonds. The molecule has 0 N–H and O–H groups in total. The van der Waals surface area contributed by atoms with E-state index >= 15 is 0 Å². The highest BCUT2D eigenvalue weighted by atomic mass is 32.2. The monoisotopic (exact) mass is 362 g/mol. The lowest BCUT2D eigenvalue weighted by Crippen LogP contribution is -2.37. The SMILES string of the molecule is Cc1ccc(S(=O)(=O)N2CCCN(C(=O)c3cnn(C)c3)CC2)cc1. The average Bonchev–Trinajstić information content (AvgIpc) is 2.86. The van der Waals surface area contributed by atoms with E-state index in [4.69, 9.17) is 0 Å². The van der Waals surface area contributed by atoms with E-state index in [1.54, 1.807) is 47.1 Å². The van der Waals surface area contributed by atoms with Crippen LogP contribution in [0.25, 0.3) is 0 Å². The van der Waals surface area contributed by atoms with E-state index in [2.05, 4.69) is 5.10 Å². The molecule has 3 rings (SSSR count). The van der Waals surface area contributed by atoms with Gasteiger partial charge in [-0.05, 0) is 25.5 Å². The van der Waals surface area contributed by atoms with Crippen molar-refractivity contribution >= 4 is 15.9 Å². The first-order valence-corrected chi connectivity index (χ1v) is 9.67. The number of rotatable bonds is 3. The zero-order chi connectivity index (χ0) is 18.0. The van der Waals surface area contributed by atoms with Crippen molar-refractivity contribution < 1.29 is 13.2 Å². The maximum Gasteiger partial charge on any atom is 0.257 e. The summed E-state index contributed by atoms with van der Waals surface area (Å²) in [5.41, 5.74) is 1.54. The largest absolute Gasteiger partial charge is 0.337 e. The molecule has 0 radical (unpaired) electrons. The van der Waals surface area contributed by atoms with Crippen molar-refractivity contribution in [3.05, 3.63) is 47.8 Å². The van der Waals surface area contributed by atoms with E-state index in [9.17, 15) is 13.2 Å². The third-order valence-electron chi connectivity index (χ3n) is 4.35. The lowest BCUT2D eigenvalue weighted by Gasteiger charge is -2.21. The van der Waals surface area contributed by atoms with Crippen LogP contribution in [0.3, 0.4) is 0 Å². The second kappa shape index (κ2) is 6.97. The standard InChI is InChI=1S/C17H22N4O3S/c1-14-4-6-16(7-5-14)25(23,24)21-9-3-8-20(10-11-21)17(22)15-12-18-19(2)13-15/h4-7,12-13H,3,8-11H2,1-2H3. The van der Waals surface area contributed by atoms with Crippen LogP contribution in [0.1, 0.15) is 22.3 Å². The highest BCUT2D eigenvalue weighted by molar-refractivity contribution is 7.89. The molecule has 0 aliphatic carbocycles. The molecule has 7 nitrogen and oxygen atoms in total. The Kier molecular flexibility index (Phi) is 4.91. The Labute approximate surface area is 147 Å². The molecule has 0 saturated carbocycles. The van der Waals surface area contributed by atoms with Gasteiger partial charge in [-0.25, -0.2) is 8.42 Å². The molecule has 0 unspecified atom stereocenters. The lowest BCUT2D eigenvalue weighted by atomic mass is 10.2. The maximum atomic E-state index is 12.8. The van der Waals surface area contributed by atoms with Crippen molar-refractivity contribution in [1.29, 1.82) is 0 Å². The predicted octanol–water partition coefficient (Wildman–Crippen LogP) is 1.27. The summed E-state index contributed by atoms with van der Waals surface area (Å²) in [4.78, 5) is 14.5. The first-order chi connectivity index (χ1) is 11.9. The first kappa shape index (κ1) is 17.6. The fraction of sp³-hybridized carbons (Fsp3) is 0.412. The maximum absolute atomic E-state index is 12.8. The fourth-order valence-corrected chi connectivity index (χ4v) is 4.38. The minimum atomic E-state index is -3.53. The highest BCUT2D eigenvalue weighted by Crippen LogP contribution is 2.19. The molecule has 8 heteroatoms. The summed E-state index contributed by atoms with van der Waals surface area (Å²) >= 11 is 0. The number of sulfonamides is 1. The number of carbonyl (C=O) groups excluding carboxylic acids is 1. The van der Waals surface area contributed by atoms with Crippen molar-refractivity contribution in [2.24, 2.45) is 7.05 Å². The van der Waals surface area contributed by atoms with Crippen LogP contribution >= 0.6 is 0 Å². The summed E-state index contributed by atoms with van der Waals surface area (Å²) in [6, 6.07) is 6.86. The van der Waals surface area contributed by atoms with E-state index < -0.39 is 10.0 Å². The summed E-state index contributed by atoms with van der Waals surface area (Å²) in [5.74, 6) is -0.109. The van der Waals surface area contributed by atoms with Crippen molar-refractivity contribution in [2.75, 3.05) is 26.2 Å². The van der Waals surface area contributed by atoms with Crippen LogP contribution in [0.2, 0.25) is 0 Å². The van der Waals surface area contributed by atoms with E-state index in [0.29, 0.717) is 43.1 Å². The number of hydrogen-bond donors (Lipinski definition) is 0. The highest BCUT2D eigenvalue weighted by Gasteiger charge is 2.28. The number of carbonyl (C=O) groups is 1. The number of aryl methyl sites for hydroxylation is 2. The topological polar surface area (TPSA) is 75.5 Å². The van der Waals surface area contributed by atoms with Gasteiger partial charge in [0.25, 0.3) is 5.91 Å². The van der Waals surface area contributed by atoms with Gasteiger partial charge in [0.1, 0.15) is 0 Å². The number of hydrogen-bond acceptors (Lipinski definition) is 4. The second-order valence-electron chi connectivity index (χ2n) is 6.27. The zero-order valence-electron chi connectivity index (χ0n) is 14.4. The Hall–Kier alpha value is -2.19. The van der Waals surface area contributed by atoms with Gasteiger partial charge in [-0.1, -0.05) is 17.7 Å². The van der Waals surface area contributed by atoms with Crippen LogP contribution in [-0.2, 0) is 17.1 Å². The molecular formula is C17H22N4O3S. The van der Waals surface area contributed by atoms with Gasteiger partial charge in [0.15, 0.2) is 0 Å². The van der Waals surface area contributed by atoms with Gasteiger partial charge in [0.05, 0.1) is 16.7 Å². The molecule has 25 heavy (non-hydrogen) atoms. The summed E-state index contributed by atoms with van der Waals surface area (Å²) < 4.78 is 28.7. The number of amides is 1. The Bertz CT molecular complexity index is 858. The van der Waals surface area contributed by atoms with Crippen LogP contribution in [0.15, 0.2) is 41.6 Å². The molecule has 1 saturated heterocycles. The number of aromatic nitrogens is 2. The van der Waals surface area contributed by atoms with Crippen molar-refractivity contribution in [2.45, 2.75) is 18.2 Å². The van der Waals surface area contributed by atoms with Gasteiger partial charge in [0.2, 0.25) is 10.0 Å². The van der Waals surface area contributed by atoms with Gasteiger partial charge in [0, 0.05) is 39.4 Å². The third kappa shape index (κ3) is 3.74. The smallest absolute Gasteiger partial charge is 0.257 e. The van der Waals surface area contributed by atoms with Gasteiger partial charge in [-0.3, -0.25) is 9.48 Å². The van der Waals surface area contributed by atoms with Crippen LogP contribution in [0.4, 0.5) is 0 Å². The lowest BCUT2D eigenvalue weighted by molar-refractivity contribution is 0.0764. The van der Waals surface area contributed by atoms with Crippen LogP contribution < -0.4 is 0 Å². The Morgan fingerprint density at radius 3 is 2.44 bits per heavy atom. The molecule has 1 fully saturated rings. The molecule has 2 aromatic rings. The predicted molar refractivity (Wildman–Crippen MR) is 93.7 cm³/mol. The molecule has 2 heterocycles. The van der Waals surface area contributed by atoms with Crippen LogP contribution in [0, 0.1) is 6.92 Å². The third-order valence-corrected chi connectivity index (χ3v) is 6.27. The number of nitrogens with zero attached hydrogens (tertiary/aromatic N) is 4. The van der Waals surface area contributed by atoms with Crippen molar-refractivity contribution in [1.82, 2.24) is 19.0 Å². The minimum Gasteiger partial charge on any atom is -0.337 e. The zero-order valence-corrected chi connectivity index (χ0v) is 15.2. The van der Waals surface area contributed by atoms with Crippen molar-refractivity contribution in [3.8, 4) is 0 Å². The summed E-state index contributed by atoms with van der Waals surface area (Å²) in [6.45, 7) is 3.53. The molecule has 1 aromatic carbocycles. The quantitative estimate of drug-likeness (QED) is 0.824. The molecular weight excluding hydrogens is 340 g/mol. The molecule has 1 aliphatic rings. The van der Waals surface area contributed by atoms with E-state index in [1.807, 2.05) is 6.92 Å². The fourth-order valence-electron chi connectivity index (χ4n) is 2.91. The van der Waals surface area contributed by atoms with Gasteiger partial charge in [-0.2, -0.15) is 9.40 Å². The van der Waals surface area contributed by atoms with E-state index in [0.717, 1.165) is 5.56 Å². The molecule has 0 bridgehead atoms. The Morgan fingerprint density at radius 1 is 1.08 bits per heavy atom. The molecule has 134 valence electrons. The Balaban J connectivity index is 1.73. The van der Waals surface area contributed by atoms with E-state index in [-0.39, 0.29) is 5.91 Å². The molecule has 1 aliphatic heterocycles. The number of benzene rings is 1. The van der Waals surface area contributed by atoms with Gasteiger partial charge < -0.3 is 4.90 Å². The van der Waals surface area contributed by atoms with Gasteiger partial charge in [-0.15, -0.1) is 0 Å².